The van der Waals surface area contributed by atoms with Crippen LogP contribution in [-0.2, 0) is 31.3 Å². The van der Waals surface area contributed by atoms with Gasteiger partial charge in [0.2, 0.25) is 0 Å². The summed E-state index contributed by atoms with van der Waals surface area (Å²) >= 11 is 0. The summed E-state index contributed by atoms with van der Waals surface area (Å²) in [5.41, 5.74) is 6.52. The number of allylic oxidation sites excluding steroid dienone is 2. The van der Waals surface area contributed by atoms with E-state index in [1.54, 1.807) is 0 Å². The number of furan rings is 1. The second-order valence-corrected chi connectivity index (χ2v) is 15.8. The van der Waals surface area contributed by atoms with E-state index in [-0.39, 0.29) is 48.4 Å². The van der Waals surface area contributed by atoms with Gasteiger partial charge in [-0.15, -0.1) is 18.2 Å². The molecule has 0 unspecified atom stereocenters. The van der Waals surface area contributed by atoms with Gasteiger partial charge in [-0.1, -0.05) is 123 Å². The zero-order valence-electron chi connectivity index (χ0n) is 33.5. The number of aliphatic hydroxyl groups excluding tert-OH is 1. The van der Waals surface area contributed by atoms with E-state index in [0.717, 1.165) is 82.0 Å². The van der Waals surface area contributed by atoms with Crippen molar-refractivity contribution in [2.75, 3.05) is 0 Å². The third-order valence-electron chi connectivity index (χ3n) is 11.4. The summed E-state index contributed by atoms with van der Waals surface area (Å²) in [6, 6.07) is 24.7. The fourth-order valence-electron chi connectivity index (χ4n) is 6.94. The fraction of sp³-hybridized carbons (Fsp3) is 0.426. The van der Waals surface area contributed by atoms with Gasteiger partial charge in [0, 0.05) is 59.4 Å². The van der Waals surface area contributed by atoms with Crippen molar-refractivity contribution in [2.24, 2.45) is 16.7 Å². The molecule has 0 bridgehead atoms. The Bertz CT molecular complexity index is 2250. The van der Waals surface area contributed by atoms with Crippen LogP contribution in [0.3, 0.4) is 0 Å². The molecule has 2 heterocycles. The van der Waals surface area contributed by atoms with Crippen molar-refractivity contribution < 1.29 is 34.4 Å². The van der Waals surface area contributed by atoms with Crippen molar-refractivity contribution in [3.8, 4) is 11.3 Å². The van der Waals surface area contributed by atoms with Crippen LogP contribution in [0.2, 0.25) is 0 Å². The van der Waals surface area contributed by atoms with E-state index in [1.165, 1.54) is 28.0 Å². The Labute approximate surface area is 330 Å². The first-order chi connectivity index (χ1) is 24.7. The second kappa shape index (κ2) is 17.1. The average Bonchev–Trinajstić information content (AvgIpc) is 3.52. The normalized spacial score (nSPS) is 12.5. The van der Waals surface area contributed by atoms with Crippen molar-refractivity contribution in [3.63, 3.8) is 0 Å². The summed E-state index contributed by atoms with van der Waals surface area (Å²) < 4.78 is 6.36. The van der Waals surface area contributed by atoms with Gasteiger partial charge in [-0.25, -0.2) is 4.98 Å². The minimum atomic E-state index is -0.337. The van der Waals surface area contributed by atoms with E-state index in [9.17, 15) is 9.90 Å². The van der Waals surface area contributed by atoms with Gasteiger partial charge >= 0.3 is 0 Å². The van der Waals surface area contributed by atoms with Crippen LogP contribution in [-0.4, -0.2) is 20.9 Å². The minimum absolute atomic E-state index is 0. The zero-order valence-corrected chi connectivity index (χ0v) is 35.9. The fourth-order valence-corrected chi connectivity index (χ4v) is 6.94. The topological polar surface area (TPSA) is 76.2 Å². The molecule has 0 atom stereocenters. The molecule has 0 saturated carbocycles. The van der Waals surface area contributed by atoms with Crippen molar-refractivity contribution in [2.45, 2.75) is 114 Å². The zero-order chi connectivity index (χ0) is 38.0. The van der Waals surface area contributed by atoms with E-state index >= 15 is 0 Å². The van der Waals surface area contributed by atoms with Crippen molar-refractivity contribution in [3.05, 3.63) is 95.5 Å². The summed E-state index contributed by atoms with van der Waals surface area (Å²) in [6.07, 6.45) is 5.83. The number of para-hydroxylation sites is 1. The van der Waals surface area contributed by atoms with Gasteiger partial charge < -0.3 is 9.52 Å². The van der Waals surface area contributed by atoms with Crippen LogP contribution >= 0.6 is 0 Å². The summed E-state index contributed by atoms with van der Waals surface area (Å²) in [5.74, 6) is 1.94. The molecule has 5 nitrogen and oxygen atoms in total. The van der Waals surface area contributed by atoms with Crippen LogP contribution in [0.1, 0.15) is 118 Å². The molecule has 0 spiro atoms. The van der Waals surface area contributed by atoms with E-state index in [1.807, 2.05) is 65.8 Å². The summed E-state index contributed by atoms with van der Waals surface area (Å²) in [4.78, 5) is 22.4. The summed E-state index contributed by atoms with van der Waals surface area (Å²) in [5, 5.41) is 15.8. The molecule has 6 rings (SSSR count). The van der Waals surface area contributed by atoms with E-state index in [2.05, 4.69) is 77.1 Å². The molecule has 0 amide bonds. The van der Waals surface area contributed by atoms with Gasteiger partial charge in [0.25, 0.3) is 0 Å². The predicted octanol–water partition coefficient (Wildman–Crippen LogP) is 13.4. The van der Waals surface area contributed by atoms with Crippen molar-refractivity contribution in [1.82, 2.24) is 9.97 Å². The van der Waals surface area contributed by atoms with Crippen LogP contribution in [0.5, 0.6) is 0 Å². The molecule has 0 aliphatic carbocycles. The van der Waals surface area contributed by atoms with Gasteiger partial charge in [-0.05, 0) is 72.9 Å². The monoisotopic (exact) mass is 890 g/mol. The number of aryl methyl sites for hydroxylation is 1. The first-order valence-corrected chi connectivity index (χ1v) is 19.2. The third-order valence-corrected chi connectivity index (χ3v) is 11.4. The second-order valence-electron chi connectivity index (χ2n) is 15.8. The number of aliphatic hydroxyl groups is 1. The number of aromatic nitrogens is 2. The number of ketones is 1. The summed E-state index contributed by atoms with van der Waals surface area (Å²) in [7, 11) is 0. The molecule has 0 fully saturated rings. The van der Waals surface area contributed by atoms with Gasteiger partial charge in [-0.2, -0.15) is 0 Å². The van der Waals surface area contributed by atoms with E-state index in [4.69, 9.17) is 14.4 Å². The Kier molecular flexibility index (Phi) is 13.5. The molecule has 6 aromatic rings. The predicted molar refractivity (Wildman–Crippen MR) is 219 cm³/mol. The van der Waals surface area contributed by atoms with Crippen LogP contribution in [0.15, 0.2) is 76.9 Å². The number of carbonyl (C=O) groups excluding carboxylic acids is 1. The maximum Gasteiger partial charge on any atom is 0.164 e. The number of nitrogens with zero attached hydrogens (tertiary/aromatic N) is 2. The van der Waals surface area contributed by atoms with E-state index in [0.29, 0.717) is 5.92 Å². The molecule has 1 radical (unpaired) electrons. The van der Waals surface area contributed by atoms with Crippen LogP contribution in [0.25, 0.3) is 54.9 Å². The summed E-state index contributed by atoms with van der Waals surface area (Å²) in [6.45, 7) is 23.1. The van der Waals surface area contributed by atoms with Crippen molar-refractivity contribution >= 4 is 49.4 Å². The average molecular weight is 890 g/mol. The van der Waals surface area contributed by atoms with Crippen molar-refractivity contribution in [1.29, 1.82) is 0 Å². The maximum absolute atomic E-state index is 12.2. The molecule has 6 heteroatoms. The number of hydrogen-bond acceptors (Lipinski definition) is 5. The molecule has 1 N–H and O–H groups in total. The standard InChI is InChI=1S/C32H29N2O.C15H28O2.Ir/c1-18(2)15-21-16-20(5)28-22(17-21)13-14-25-29(33-32(19(3)4)34-30(25)28)26-11-8-10-24-23-9-6-7-12-27(23)35-31(24)26;1-7-14(5,8-2)12(16)11-13(17)15(6,9-3)10-4;/h6-10,12-14,16-19H,15H2,1-5H3;11,16H,7-10H2,1-6H3;/q-1;;/b;12-11-;. The third kappa shape index (κ3) is 8.45. The van der Waals surface area contributed by atoms with Crippen LogP contribution < -0.4 is 0 Å². The molecular formula is C47H57IrN2O3-. The largest absolute Gasteiger partial charge is 0.512 e. The van der Waals surface area contributed by atoms with Gasteiger partial charge in [0.05, 0.1) is 11.1 Å². The first-order valence-electron chi connectivity index (χ1n) is 19.2. The smallest absolute Gasteiger partial charge is 0.164 e. The number of carbonyl (C=O) groups is 1. The maximum atomic E-state index is 12.2. The minimum Gasteiger partial charge on any atom is -0.512 e. The van der Waals surface area contributed by atoms with Crippen LogP contribution in [0.4, 0.5) is 0 Å². The van der Waals surface area contributed by atoms with Gasteiger partial charge in [-0.3, -0.25) is 9.78 Å². The molecule has 0 saturated heterocycles. The van der Waals surface area contributed by atoms with Crippen LogP contribution in [0, 0.1) is 29.7 Å². The Morgan fingerprint density at radius 2 is 1.53 bits per heavy atom. The molecule has 2 aromatic heterocycles. The molecule has 0 aliphatic rings. The van der Waals surface area contributed by atoms with Gasteiger partial charge in [0.1, 0.15) is 17.2 Å². The first kappa shape index (κ1) is 41.9. The molecule has 0 aliphatic heterocycles. The number of fused-ring (bicyclic) bond motifs is 6. The number of benzene rings is 4. The molecule has 53 heavy (non-hydrogen) atoms. The molecule has 283 valence electrons. The Hall–Kier alpha value is -3.86. The Morgan fingerprint density at radius 3 is 2.15 bits per heavy atom. The quantitative estimate of drug-likeness (QED) is 0.0607. The van der Waals surface area contributed by atoms with Gasteiger partial charge in [0.15, 0.2) is 5.78 Å². The molecule has 4 aromatic carbocycles. The molecular weight excluding hydrogens is 833 g/mol. The van der Waals surface area contributed by atoms with E-state index < -0.39 is 0 Å². The number of rotatable bonds is 11. The Balaban J connectivity index is 0.000000299. The Morgan fingerprint density at radius 1 is 0.868 bits per heavy atom. The number of hydrogen-bond donors (Lipinski definition) is 1. The SMILES string of the molecule is CCC(C)(CC)C(=O)/C=C(\O)C(C)(CC)CC.Cc1cc(CC(C)C)cc2ccc3c(-c4[c-]ccc5c4oc4ccccc45)nc(C(C)C)nc3c12.[Ir].